The second-order valence-corrected chi connectivity index (χ2v) is 5.70. The number of H-pyrrole nitrogens is 1. The number of carbonyl (C=O) groups excluding carboxylic acids is 1. The number of hydrogen-bond acceptors (Lipinski definition) is 4. The van der Waals surface area contributed by atoms with Gasteiger partial charge in [0.1, 0.15) is 11.6 Å². The van der Waals surface area contributed by atoms with Crippen molar-refractivity contribution in [3.63, 3.8) is 0 Å². The molecule has 0 saturated heterocycles. The van der Waals surface area contributed by atoms with Crippen LogP contribution in [0.1, 0.15) is 40.5 Å². The standard InChI is InChI=1S/C15H12F2N2O2S/c1-2-12(20)11-6-22-15(19-11)14(21)9-5-18-13-8(9)3-7(16)4-10(13)17/h3-6,12,18,20H,2H2,1H3/t12-/m0/s1. The molecule has 3 rings (SSSR count). The Bertz CT molecular complexity index is 856. The van der Waals surface area contributed by atoms with Crippen molar-refractivity contribution in [1.82, 2.24) is 9.97 Å². The first-order valence-electron chi connectivity index (χ1n) is 6.65. The van der Waals surface area contributed by atoms with Gasteiger partial charge in [-0.05, 0) is 12.5 Å². The van der Waals surface area contributed by atoms with E-state index >= 15 is 0 Å². The number of rotatable bonds is 4. The van der Waals surface area contributed by atoms with Crippen LogP contribution in [0.5, 0.6) is 0 Å². The topological polar surface area (TPSA) is 66.0 Å². The average molecular weight is 322 g/mol. The highest BCUT2D eigenvalue weighted by molar-refractivity contribution is 7.12. The first-order valence-corrected chi connectivity index (χ1v) is 7.53. The van der Waals surface area contributed by atoms with Gasteiger partial charge in [-0.1, -0.05) is 6.92 Å². The minimum Gasteiger partial charge on any atom is -0.387 e. The van der Waals surface area contributed by atoms with Gasteiger partial charge in [0.15, 0.2) is 5.01 Å². The lowest BCUT2D eigenvalue weighted by Gasteiger charge is -2.01. The number of carbonyl (C=O) groups is 1. The van der Waals surface area contributed by atoms with Crippen LogP contribution in [0.3, 0.4) is 0 Å². The summed E-state index contributed by atoms with van der Waals surface area (Å²) in [6, 6.07) is 1.86. The number of aromatic amines is 1. The van der Waals surface area contributed by atoms with Crippen molar-refractivity contribution in [2.45, 2.75) is 19.4 Å². The van der Waals surface area contributed by atoms with Crippen LogP contribution in [0, 0.1) is 11.6 Å². The van der Waals surface area contributed by atoms with E-state index in [1.54, 1.807) is 12.3 Å². The SMILES string of the molecule is CC[C@H](O)c1csc(C(=O)c2c[nH]c3c(F)cc(F)cc23)n1. The van der Waals surface area contributed by atoms with E-state index in [-0.39, 0.29) is 21.5 Å². The van der Waals surface area contributed by atoms with E-state index in [2.05, 4.69) is 9.97 Å². The molecular formula is C15H12F2N2O2S. The molecule has 1 aromatic carbocycles. The van der Waals surface area contributed by atoms with Gasteiger partial charge < -0.3 is 10.1 Å². The Morgan fingerprint density at radius 1 is 1.45 bits per heavy atom. The summed E-state index contributed by atoms with van der Waals surface area (Å²) in [5.41, 5.74) is 0.656. The van der Waals surface area contributed by atoms with E-state index in [0.717, 1.165) is 23.5 Å². The largest absolute Gasteiger partial charge is 0.387 e. The van der Waals surface area contributed by atoms with Crippen molar-refractivity contribution in [2.24, 2.45) is 0 Å². The third-order valence-corrected chi connectivity index (χ3v) is 4.25. The van der Waals surface area contributed by atoms with E-state index in [4.69, 9.17) is 0 Å². The number of halogens is 2. The third-order valence-electron chi connectivity index (χ3n) is 3.39. The van der Waals surface area contributed by atoms with Crippen molar-refractivity contribution in [3.05, 3.63) is 51.6 Å². The first kappa shape index (κ1) is 14.8. The molecule has 0 bridgehead atoms. The van der Waals surface area contributed by atoms with Gasteiger partial charge in [-0.2, -0.15) is 0 Å². The minimum atomic E-state index is -0.754. The zero-order chi connectivity index (χ0) is 15.9. The monoisotopic (exact) mass is 322 g/mol. The Labute approximate surface area is 128 Å². The molecule has 7 heteroatoms. The van der Waals surface area contributed by atoms with Gasteiger partial charge in [0.25, 0.3) is 0 Å². The molecule has 2 N–H and O–H groups in total. The number of aliphatic hydroxyl groups excluding tert-OH is 1. The number of aliphatic hydroxyl groups is 1. The van der Waals surface area contributed by atoms with Crippen LogP contribution >= 0.6 is 11.3 Å². The normalized spacial score (nSPS) is 12.7. The number of aromatic nitrogens is 2. The van der Waals surface area contributed by atoms with Gasteiger partial charge in [0, 0.05) is 23.0 Å². The number of fused-ring (bicyclic) bond motifs is 1. The zero-order valence-electron chi connectivity index (χ0n) is 11.6. The summed E-state index contributed by atoms with van der Waals surface area (Å²) in [6.45, 7) is 1.80. The van der Waals surface area contributed by atoms with Crippen LogP contribution in [0.2, 0.25) is 0 Å². The van der Waals surface area contributed by atoms with Gasteiger partial charge in [-0.15, -0.1) is 11.3 Å². The van der Waals surface area contributed by atoms with Gasteiger partial charge in [0.2, 0.25) is 5.78 Å². The van der Waals surface area contributed by atoms with Gasteiger partial charge >= 0.3 is 0 Å². The summed E-state index contributed by atoms with van der Waals surface area (Å²) in [7, 11) is 0. The summed E-state index contributed by atoms with van der Waals surface area (Å²) in [5.74, 6) is -1.94. The predicted molar refractivity (Wildman–Crippen MR) is 79.0 cm³/mol. The predicted octanol–water partition coefficient (Wildman–Crippen LogP) is 3.58. The fraction of sp³-hybridized carbons (Fsp3) is 0.200. The highest BCUT2D eigenvalue weighted by Crippen LogP contribution is 2.27. The lowest BCUT2D eigenvalue weighted by atomic mass is 10.1. The number of nitrogens with zero attached hydrogens (tertiary/aromatic N) is 1. The smallest absolute Gasteiger partial charge is 0.223 e. The summed E-state index contributed by atoms with van der Waals surface area (Å²) < 4.78 is 27.0. The molecule has 0 radical (unpaired) electrons. The van der Waals surface area contributed by atoms with E-state index in [0.29, 0.717) is 12.1 Å². The zero-order valence-corrected chi connectivity index (χ0v) is 12.4. The van der Waals surface area contributed by atoms with Crippen molar-refractivity contribution in [2.75, 3.05) is 0 Å². The molecule has 0 aliphatic heterocycles. The third kappa shape index (κ3) is 2.42. The molecule has 3 aromatic rings. The number of benzene rings is 1. The average Bonchev–Trinajstić information content (AvgIpc) is 3.12. The summed E-state index contributed by atoms with van der Waals surface area (Å²) in [5, 5.41) is 11.7. The van der Waals surface area contributed by atoms with Crippen molar-refractivity contribution >= 4 is 28.0 Å². The molecule has 0 spiro atoms. The molecule has 1 atom stereocenters. The van der Waals surface area contributed by atoms with Crippen LogP contribution in [-0.2, 0) is 0 Å². The quantitative estimate of drug-likeness (QED) is 0.722. The second kappa shape index (κ2) is 5.58. The molecule has 22 heavy (non-hydrogen) atoms. The first-order chi connectivity index (χ1) is 10.5. The molecule has 0 aliphatic rings. The maximum absolute atomic E-state index is 13.7. The van der Waals surface area contributed by atoms with Crippen molar-refractivity contribution < 1.29 is 18.7 Å². The fourth-order valence-corrected chi connectivity index (χ4v) is 3.03. The van der Waals surface area contributed by atoms with Crippen LogP contribution < -0.4 is 0 Å². The molecular weight excluding hydrogens is 310 g/mol. The lowest BCUT2D eigenvalue weighted by Crippen LogP contribution is -2.02. The molecule has 0 amide bonds. The Morgan fingerprint density at radius 3 is 2.95 bits per heavy atom. The molecule has 0 aliphatic carbocycles. The summed E-state index contributed by atoms with van der Waals surface area (Å²) >= 11 is 1.09. The minimum absolute atomic E-state index is 0.0788. The Morgan fingerprint density at radius 2 is 2.23 bits per heavy atom. The van der Waals surface area contributed by atoms with E-state index in [1.165, 1.54) is 6.20 Å². The van der Waals surface area contributed by atoms with Crippen LogP contribution in [-0.4, -0.2) is 20.9 Å². The highest BCUT2D eigenvalue weighted by Gasteiger charge is 2.21. The van der Waals surface area contributed by atoms with E-state index < -0.39 is 23.5 Å². The maximum Gasteiger partial charge on any atom is 0.223 e. The molecule has 0 saturated carbocycles. The molecule has 114 valence electrons. The Hall–Kier alpha value is -2.12. The summed E-state index contributed by atoms with van der Waals surface area (Å²) in [4.78, 5) is 19.2. The fourth-order valence-electron chi connectivity index (χ4n) is 2.21. The number of hydrogen-bond donors (Lipinski definition) is 2. The van der Waals surface area contributed by atoms with Crippen LogP contribution in [0.25, 0.3) is 10.9 Å². The highest BCUT2D eigenvalue weighted by atomic mass is 32.1. The number of ketones is 1. The maximum atomic E-state index is 13.7. The summed E-state index contributed by atoms with van der Waals surface area (Å²) in [6.07, 6.45) is 1.10. The second-order valence-electron chi connectivity index (χ2n) is 4.84. The van der Waals surface area contributed by atoms with Crippen LogP contribution in [0.15, 0.2) is 23.7 Å². The van der Waals surface area contributed by atoms with Gasteiger partial charge in [-0.25, -0.2) is 13.8 Å². The Balaban J connectivity index is 2.04. The van der Waals surface area contributed by atoms with Gasteiger partial charge in [-0.3, -0.25) is 4.79 Å². The molecule has 2 aromatic heterocycles. The number of nitrogens with one attached hydrogen (secondary N) is 1. The van der Waals surface area contributed by atoms with E-state index in [9.17, 15) is 18.7 Å². The van der Waals surface area contributed by atoms with Crippen LogP contribution in [0.4, 0.5) is 8.78 Å². The molecule has 4 nitrogen and oxygen atoms in total. The van der Waals surface area contributed by atoms with Gasteiger partial charge in [0.05, 0.1) is 22.9 Å². The molecule has 2 heterocycles. The molecule has 0 fully saturated rings. The Kier molecular flexibility index (Phi) is 3.76. The van der Waals surface area contributed by atoms with Crippen molar-refractivity contribution in [3.8, 4) is 0 Å². The van der Waals surface area contributed by atoms with E-state index in [1.807, 2.05) is 0 Å². The lowest BCUT2D eigenvalue weighted by molar-refractivity contribution is 0.103. The molecule has 0 unspecified atom stereocenters. The van der Waals surface area contributed by atoms with Crippen molar-refractivity contribution in [1.29, 1.82) is 0 Å². The number of thiazole rings is 1.